The number of imide groups is 1. The number of carbonyl (C=O) groups is 2. The van der Waals surface area contributed by atoms with Crippen molar-refractivity contribution in [3.63, 3.8) is 0 Å². The van der Waals surface area contributed by atoms with Crippen LogP contribution in [-0.2, 0) is 0 Å². The fraction of sp³-hybridized carbons (Fsp3) is 0.188. The summed E-state index contributed by atoms with van der Waals surface area (Å²) in [6.45, 7) is 3.80. The van der Waals surface area contributed by atoms with E-state index in [1.165, 1.54) is 16.2 Å². The number of benzene rings is 1. The normalized spacial score (nSPS) is 13.6. The van der Waals surface area contributed by atoms with Crippen LogP contribution in [0.25, 0.3) is 10.8 Å². The molecule has 0 saturated heterocycles. The quantitative estimate of drug-likeness (QED) is 0.513. The number of thioether (sulfide) groups is 1. The van der Waals surface area contributed by atoms with Gasteiger partial charge in [0, 0.05) is 0 Å². The van der Waals surface area contributed by atoms with Crippen molar-refractivity contribution >= 4 is 34.9 Å². The average molecular weight is 372 g/mol. The summed E-state index contributed by atoms with van der Waals surface area (Å²) in [7, 11) is 0. The topological polar surface area (TPSA) is 89.2 Å². The highest BCUT2D eigenvalue weighted by atomic mass is 32.2. The number of rotatable bonds is 4. The van der Waals surface area contributed by atoms with Gasteiger partial charge in [0.25, 0.3) is 22.9 Å². The van der Waals surface area contributed by atoms with E-state index < -0.39 is 0 Å². The third-order valence-electron chi connectivity index (χ3n) is 3.70. The van der Waals surface area contributed by atoms with Crippen LogP contribution < -0.4 is 0 Å². The minimum absolute atomic E-state index is 0.120. The van der Waals surface area contributed by atoms with Gasteiger partial charge in [0.1, 0.15) is 4.88 Å². The van der Waals surface area contributed by atoms with Crippen molar-refractivity contribution in [1.82, 2.24) is 20.1 Å². The van der Waals surface area contributed by atoms with Crippen molar-refractivity contribution in [2.45, 2.75) is 19.1 Å². The van der Waals surface area contributed by atoms with Crippen LogP contribution in [0.5, 0.6) is 0 Å². The Kier molecular flexibility index (Phi) is 3.89. The predicted molar refractivity (Wildman–Crippen MR) is 92.5 cm³/mol. The molecule has 0 N–H and O–H groups in total. The van der Waals surface area contributed by atoms with Crippen LogP contribution in [0.15, 0.2) is 33.9 Å². The molecule has 1 aliphatic rings. The van der Waals surface area contributed by atoms with Gasteiger partial charge in [-0.05, 0) is 37.7 Å². The molecule has 2 aromatic heterocycles. The summed E-state index contributed by atoms with van der Waals surface area (Å²) in [5.74, 6) is -0.0919. The van der Waals surface area contributed by atoms with E-state index in [0.717, 1.165) is 27.3 Å². The van der Waals surface area contributed by atoms with Crippen molar-refractivity contribution < 1.29 is 14.0 Å². The Hall–Kier alpha value is -2.52. The van der Waals surface area contributed by atoms with Crippen molar-refractivity contribution in [1.29, 1.82) is 0 Å². The molecule has 9 heteroatoms. The van der Waals surface area contributed by atoms with Crippen molar-refractivity contribution in [3.05, 3.63) is 46.1 Å². The first kappa shape index (κ1) is 16.0. The zero-order chi connectivity index (χ0) is 17.6. The van der Waals surface area contributed by atoms with Gasteiger partial charge in [0.05, 0.1) is 27.7 Å². The molecule has 126 valence electrons. The Morgan fingerprint density at radius 2 is 1.80 bits per heavy atom. The second-order valence-electron chi connectivity index (χ2n) is 5.38. The number of hydrogen-bond acceptors (Lipinski definition) is 8. The lowest BCUT2D eigenvalue weighted by Gasteiger charge is -2.11. The summed E-state index contributed by atoms with van der Waals surface area (Å²) < 4.78 is 5.63. The van der Waals surface area contributed by atoms with Gasteiger partial charge in [-0.3, -0.25) is 14.5 Å². The molecule has 0 atom stereocenters. The molecule has 0 saturated carbocycles. The Morgan fingerprint density at radius 1 is 1.12 bits per heavy atom. The lowest BCUT2D eigenvalue weighted by Crippen LogP contribution is -2.29. The second kappa shape index (κ2) is 6.08. The molecule has 0 aliphatic carbocycles. The Balaban J connectivity index is 1.49. The Bertz CT molecular complexity index is 960. The number of amides is 2. The number of fused-ring (bicyclic) bond motifs is 1. The first-order valence-electron chi connectivity index (χ1n) is 7.40. The predicted octanol–water partition coefficient (Wildman–Crippen LogP) is 3.16. The molecule has 1 aliphatic heterocycles. The summed E-state index contributed by atoms with van der Waals surface area (Å²) >= 11 is 2.63. The van der Waals surface area contributed by atoms with Crippen molar-refractivity contribution in [3.8, 4) is 10.8 Å². The van der Waals surface area contributed by atoms with Crippen LogP contribution >= 0.6 is 23.1 Å². The number of nitrogens with zero attached hydrogens (tertiary/aromatic N) is 4. The van der Waals surface area contributed by atoms with E-state index in [0.29, 0.717) is 22.2 Å². The molecule has 0 radical (unpaired) electrons. The molecule has 3 aromatic rings. The molecule has 0 fully saturated rings. The van der Waals surface area contributed by atoms with Crippen LogP contribution in [0, 0.1) is 13.8 Å². The second-order valence-corrected chi connectivity index (χ2v) is 7.48. The number of aromatic nitrogens is 3. The van der Waals surface area contributed by atoms with E-state index >= 15 is 0 Å². The molecule has 25 heavy (non-hydrogen) atoms. The smallest absolute Gasteiger partial charge is 0.278 e. The Labute approximate surface area is 151 Å². The van der Waals surface area contributed by atoms with E-state index in [2.05, 4.69) is 15.2 Å². The van der Waals surface area contributed by atoms with Crippen LogP contribution in [0.2, 0.25) is 0 Å². The fourth-order valence-corrected chi connectivity index (χ4v) is 4.12. The lowest BCUT2D eigenvalue weighted by atomic mass is 10.1. The number of thiazole rings is 1. The summed E-state index contributed by atoms with van der Waals surface area (Å²) in [5.41, 5.74) is 1.69. The van der Waals surface area contributed by atoms with E-state index in [1.54, 1.807) is 24.3 Å². The lowest BCUT2D eigenvalue weighted by molar-refractivity contribution is 0.0684. The molecule has 0 bridgehead atoms. The summed E-state index contributed by atoms with van der Waals surface area (Å²) in [6.07, 6.45) is 0. The molecule has 7 nitrogen and oxygen atoms in total. The van der Waals surface area contributed by atoms with Gasteiger partial charge in [0.15, 0.2) is 0 Å². The summed E-state index contributed by atoms with van der Waals surface area (Å²) in [6, 6.07) is 6.79. The van der Waals surface area contributed by atoms with E-state index in [-0.39, 0.29) is 17.7 Å². The van der Waals surface area contributed by atoms with Gasteiger partial charge in [-0.1, -0.05) is 12.1 Å². The third kappa shape index (κ3) is 2.75. The first-order chi connectivity index (χ1) is 12.0. The van der Waals surface area contributed by atoms with Crippen LogP contribution in [0.1, 0.15) is 31.4 Å². The maximum Gasteiger partial charge on any atom is 0.278 e. The van der Waals surface area contributed by atoms with Gasteiger partial charge in [-0.2, -0.15) is 0 Å². The minimum atomic E-state index is -0.304. The zero-order valence-electron chi connectivity index (χ0n) is 13.3. The monoisotopic (exact) mass is 372 g/mol. The standard InChI is InChI=1S/C16H12N4O3S2/c1-8-12(25-9(2)17-8)13-18-19-16(23-13)24-7-20-14(21)10-5-3-4-6-11(10)15(20)22/h3-6H,7H2,1-2H3. The molecule has 0 spiro atoms. The highest BCUT2D eigenvalue weighted by Crippen LogP contribution is 2.31. The minimum Gasteiger partial charge on any atom is -0.410 e. The number of aryl methyl sites for hydroxylation is 2. The van der Waals surface area contributed by atoms with Crippen LogP contribution in [0.4, 0.5) is 0 Å². The van der Waals surface area contributed by atoms with Crippen molar-refractivity contribution in [2.75, 3.05) is 5.88 Å². The molecular weight excluding hydrogens is 360 g/mol. The molecular formula is C16H12N4O3S2. The highest BCUT2D eigenvalue weighted by molar-refractivity contribution is 7.99. The first-order valence-corrected chi connectivity index (χ1v) is 9.20. The Morgan fingerprint density at radius 3 is 2.40 bits per heavy atom. The van der Waals surface area contributed by atoms with Crippen LogP contribution in [-0.4, -0.2) is 37.8 Å². The van der Waals surface area contributed by atoms with E-state index in [4.69, 9.17) is 4.42 Å². The fourth-order valence-electron chi connectivity index (χ4n) is 2.57. The third-order valence-corrected chi connectivity index (χ3v) is 5.56. The van der Waals surface area contributed by atoms with E-state index in [1.807, 2.05) is 13.8 Å². The number of carbonyl (C=O) groups excluding carboxylic acids is 2. The van der Waals surface area contributed by atoms with Gasteiger partial charge < -0.3 is 4.42 Å². The van der Waals surface area contributed by atoms with Gasteiger partial charge in [-0.25, -0.2) is 4.98 Å². The van der Waals surface area contributed by atoms with E-state index in [9.17, 15) is 9.59 Å². The molecule has 4 rings (SSSR count). The summed E-state index contributed by atoms with van der Waals surface area (Å²) in [5, 5.41) is 9.23. The molecule has 2 amide bonds. The largest absolute Gasteiger partial charge is 0.410 e. The maximum absolute atomic E-state index is 12.3. The SMILES string of the molecule is Cc1nc(C)c(-c2nnc(SCN3C(=O)c4ccccc4C3=O)o2)s1. The zero-order valence-corrected chi connectivity index (χ0v) is 15.0. The summed E-state index contributed by atoms with van der Waals surface area (Å²) in [4.78, 5) is 31.0. The van der Waals surface area contributed by atoms with Gasteiger partial charge in [0.2, 0.25) is 0 Å². The molecule has 3 heterocycles. The maximum atomic E-state index is 12.3. The molecule has 1 aromatic carbocycles. The molecule has 0 unspecified atom stereocenters. The van der Waals surface area contributed by atoms with Crippen molar-refractivity contribution in [2.24, 2.45) is 0 Å². The van der Waals surface area contributed by atoms with Crippen LogP contribution in [0.3, 0.4) is 0 Å². The average Bonchev–Trinajstić information content (AvgIpc) is 3.25. The number of hydrogen-bond donors (Lipinski definition) is 0. The van der Waals surface area contributed by atoms with Gasteiger partial charge >= 0.3 is 0 Å². The highest BCUT2D eigenvalue weighted by Gasteiger charge is 2.35. The van der Waals surface area contributed by atoms with Gasteiger partial charge in [-0.15, -0.1) is 21.5 Å².